The van der Waals surface area contributed by atoms with Crippen LogP contribution in [0, 0.1) is 0 Å². The van der Waals surface area contributed by atoms with Crippen LogP contribution in [0.15, 0.2) is 27.6 Å². The molecule has 0 atom stereocenters. The van der Waals surface area contributed by atoms with Crippen molar-refractivity contribution < 1.29 is 0 Å². The Kier molecular flexibility index (Phi) is 2.67. The van der Waals surface area contributed by atoms with E-state index < -0.39 is 0 Å². The first-order valence-electron chi connectivity index (χ1n) is 4.11. The summed E-state index contributed by atoms with van der Waals surface area (Å²) in [5, 5.41) is 1.31. The molecule has 2 aromatic rings. The number of aryl methyl sites for hydroxylation is 1. The molecule has 0 spiro atoms. The van der Waals surface area contributed by atoms with Crippen molar-refractivity contribution in [1.82, 2.24) is 0 Å². The number of hydrogen-bond acceptors (Lipinski definition) is 2. The summed E-state index contributed by atoms with van der Waals surface area (Å²) in [6.45, 7) is 2.18. The highest BCUT2D eigenvalue weighted by atomic mass is 79.9. The van der Waals surface area contributed by atoms with Gasteiger partial charge in [-0.1, -0.05) is 6.92 Å². The summed E-state index contributed by atoms with van der Waals surface area (Å²) in [5.41, 5.74) is 0. The molecule has 0 aliphatic rings. The highest BCUT2D eigenvalue weighted by molar-refractivity contribution is 9.10. The van der Waals surface area contributed by atoms with Crippen LogP contribution >= 0.6 is 39.9 Å². The van der Waals surface area contributed by atoms with Gasteiger partial charge in [-0.3, -0.25) is 0 Å². The highest BCUT2D eigenvalue weighted by Crippen LogP contribution is 2.32. The number of fused-ring (bicyclic) bond motifs is 1. The minimum atomic E-state index is 1.01. The minimum absolute atomic E-state index is 1.01. The molecule has 13 heavy (non-hydrogen) atoms. The monoisotopic (exact) mass is 272 g/mol. The molecule has 1 heterocycles. The van der Waals surface area contributed by atoms with Gasteiger partial charge in [-0.25, -0.2) is 0 Å². The zero-order valence-electron chi connectivity index (χ0n) is 7.17. The SMILES string of the molecule is CCc1cc2cc(Br)c(S)cc2s1. The van der Waals surface area contributed by atoms with Gasteiger partial charge in [0.1, 0.15) is 0 Å². The van der Waals surface area contributed by atoms with E-state index in [-0.39, 0.29) is 0 Å². The molecule has 1 aromatic heterocycles. The standard InChI is InChI=1S/C10H9BrS2/c1-2-7-3-6-4-8(11)9(12)5-10(6)13-7/h3-5,12H,2H2,1H3. The van der Waals surface area contributed by atoms with Gasteiger partial charge < -0.3 is 0 Å². The van der Waals surface area contributed by atoms with Crippen molar-refractivity contribution in [3.05, 3.63) is 27.5 Å². The lowest BCUT2D eigenvalue weighted by Crippen LogP contribution is -1.68. The maximum Gasteiger partial charge on any atom is 0.0357 e. The zero-order chi connectivity index (χ0) is 9.42. The van der Waals surface area contributed by atoms with Gasteiger partial charge in [0.05, 0.1) is 0 Å². The van der Waals surface area contributed by atoms with Crippen LogP contribution in [0.5, 0.6) is 0 Å². The maximum absolute atomic E-state index is 4.37. The second-order valence-corrected chi connectivity index (χ2v) is 5.41. The average molecular weight is 273 g/mol. The van der Waals surface area contributed by atoms with Crippen LogP contribution in [-0.2, 0) is 6.42 Å². The van der Waals surface area contributed by atoms with Crippen molar-refractivity contribution in [1.29, 1.82) is 0 Å². The lowest BCUT2D eigenvalue weighted by molar-refractivity contribution is 1.19. The van der Waals surface area contributed by atoms with Gasteiger partial charge in [0, 0.05) is 18.9 Å². The van der Waals surface area contributed by atoms with Gasteiger partial charge >= 0.3 is 0 Å². The van der Waals surface area contributed by atoms with E-state index in [0.717, 1.165) is 15.8 Å². The number of rotatable bonds is 1. The molecule has 0 bridgehead atoms. The van der Waals surface area contributed by atoms with Gasteiger partial charge in [0.15, 0.2) is 0 Å². The van der Waals surface area contributed by atoms with Crippen LogP contribution < -0.4 is 0 Å². The normalized spacial score (nSPS) is 11.0. The molecule has 0 radical (unpaired) electrons. The summed E-state index contributed by atoms with van der Waals surface area (Å²) in [6, 6.07) is 6.50. The number of hydrogen-bond donors (Lipinski definition) is 1. The molecule has 0 aliphatic carbocycles. The van der Waals surface area contributed by atoms with E-state index >= 15 is 0 Å². The molecule has 0 saturated heterocycles. The topological polar surface area (TPSA) is 0 Å². The molecule has 2 rings (SSSR count). The number of halogens is 1. The van der Waals surface area contributed by atoms with E-state index in [1.165, 1.54) is 15.0 Å². The van der Waals surface area contributed by atoms with Crippen molar-refractivity contribution in [3.8, 4) is 0 Å². The first-order chi connectivity index (χ1) is 6.20. The van der Waals surface area contributed by atoms with Crippen LogP contribution in [0.3, 0.4) is 0 Å². The third-order valence-corrected chi connectivity index (χ3v) is 4.56. The van der Waals surface area contributed by atoms with E-state index in [9.17, 15) is 0 Å². The van der Waals surface area contributed by atoms with E-state index in [2.05, 4.69) is 53.7 Å². The van der Waals surface area contributed by atoms with Crippen molar-refractivity contribution in [2.24, 2.45) is 0 Å². The van der Waals surface area contributed by atoms with Gasteiger partial charge in [0.2, 0.25) is 0 Å². The van der Waals surface area contributed by atoms with Crippen molar-refractivity contribution in [3.63, 3.8) is 0 Å². The lowest BCUT2D eigenvalue weighted by Gasteiger charge is -1.95. The van der Waals surface area contributed by atoms with Gasteiger partial charge in [0.25, 0.3) is 0 Å². The molecule has 0 nitrogen and oxygen atoms in total. The van der Waals surface area contributed by atoms with Crippen LogP contribution in [0.25, 0.3) is 10.1 Å². The molecule has 0 N–H and O–H groups in total. The molecule has 0 saturated carbocycles. The van der Waals surface area contributed by atoms with Crippen LogP contribution in [0.2, 0.25) is 0 Å². The van der Waals surface area contributed by atoms with Crippen molar-refractivity contribution in [2.45, 2.75) is 18.2 Å². The van der Waals surface area contributed by atoms with E-state index in [1.807, 2.05) is 11.3 Å². The van der Waals surface area contributed by atoms with Gasteiger partial charge in [-0.2, -0.15) is 0 Å². The quantitative estimate of drug-likeness (QED) is 0.726. The fraction of sp³-hybridized carbons (Fsp3) is 0.200. The van der Waals surface area contributed by atoms with Crippen LogP contribution in [0.1, 0.15) is 11.8 Å². The molecule has 0 unspecified atom stereocenters. The van der Waals surface area contributed by atoms with Gasteiger partial charge in [-0.05, 0) is 45.9 Å². The fourth-order valence-corrected chi connectivity index (χ4v) is 2.94. The van der Waals surface area contributed by atoms with Gasteiger partial charge in [-0.15, -0.1) is 24.0 Å². The molecule has 0 aliphatic heterocycles. The Morgan fingerprint density at radius 1 is 1.38 bits per heavy atom. The maximum atomic E-state index is 4.37. The van der Waals surface area contributed by atoms with Crippen molar-refractivity contribution >= 4 is 50.0 Å². The van der Waals surface area contributed by atoms with E-state index in [1.54, 1.807) is 0 Å². The third-order valence-electron chi connectivity index (χ3n) is 1.99. The molecule has 0 amide bonds. The van der Waals surface area contributed by atoms with Crippen molar-refractivity contribution in [2.75, 3.05) is 0 Å². The minimum Gasteiger partial charge on any atom is -0.142 e. The molecule has 0 fully saturated rings. The first-order valence-corrected chi connectivity index (χ1v) is 6.17. The third kappa shape index (κ3) is 1.78. The number of thiol groups is 1. The Morgan fingerprint density at radius 3 is 2.85 bits per heavy atom. The average Bonchev–Trinajstić information content (AvgIpc) is 2.48. The highest BCUT2D eigenvalue weighted by Gasteiger charge is 2.03. The molecular formula is C10H9BrS2. The molecular weight excluding hydrogens is 264 g/mol. The lowest BCUT2D eigenvalue weighted by atomic mass is 10.2. The summed E-state index contributed by atoms with van der Waals surface area (Å²) < 4.78 is 2.40. The predicted molar refractivity (Wildman–Crippen MR) is 66.2 cm³/mol. The Morgan fingerprint density at radius 2 is 2.15 bits per heavy atom. The van der Waals surface area contributed by atoms with E-state index in [0.29, 0.717) is 0 Å². The predicted octanol–water partition coefficient (Wildman–Crippen LogP) is 4.51. The van der Waals surface area contributed by atoms with E-state index in [4.69, 9.17) is 0 Å². The molecule has 1 aromatic carbocycles. The van der Waals surface area contributed by atoms with Crippen LogP contribution in [-0.4, -0.2) is 0 Å². The smallest absolute Gasteiger partial charge is 0.0357 e. The Balaban J connectivity index is 2.70. The Bertz CT molecular complexity index is 406. The number of thiophene rings is 1. The summed E-state index contributed by atoms with van der Waals surface area (Å²) in [6.07, 6.45) is 1.11. The number of benzene rings is 1. The second-order valence-electron chi connectivity index (χ2n) is 2.91. The summed E-state index contributed by atoms with van der Waals surface area (Å²) in [7, 11) is 0. The molecule has 68 valence electrons. The summed E-state index contributed by atoms with van der Waals surface area (Å²) in [4.78, 5) is 2.44. The summed E-state index contributed by atoms with van der Waals surface area (Å²) in [5.74, 6) is 0. The fourth-order valence-electron chi connectivity index (χ4n) is 1.28. The Hall–Kier alpha value is 0.01000. The largest absolute Gasteiger partial charge is 0.142 e. The Labute approximate surface area is 95.5 Å². The zero-order valence-corrected chi connectivity index (χ0v) is 10.5. The second kappa shape index (κ2) is 3.64. The van der Waals surface area contributed by atoms with Crippen LogP contribution in [0.4, 0.5) is 0 Å². The first kappa shape index (κ1) is 9.56. The summed E-state index contributed by atoms with van der Waals surface area (Å²) >= 11 is 9.70. The molecule has 3 heteroatoms.